The molecular formula is C19H19N3O4. The number of carbonyl (C=O) groups is 2. The molecule has 0 bridgehead atoms. The number of hydrogen-bond acceptors (Lipinski definition) is 5. The molecule has 0 fully saturated rings. The first kappa shape index (κ1) is 18.8. The minimum Gasteiger partial charge on any atom is -0.493 e. The van der Waals surface area contributed by atoms with E-state index in [9.17, 15) is 9.59 Å². The second-order valence-electron chi connectivity index (χ2n) is 5.38. The van der Waals surface area contributed by atoms with Gasteiger partial charge in [0, 0.05) is 5.69 Å². The number of rotatable bonds is 7. The Morgan fingerprint density at radius 3 is 2.50 bits per heavy atom. The summed E-state index contributed by atoms with van der Waals surface area (Å²) in [7, 11) is 3.06. The monoisotopic (exact) mass is 353 g/mol. The average molecular weight is 353 g/mol. The zero-order valence-corrected chi connectivity index (χ0v) is 14.5. The van der Waals surface area contributed by atoms with Crippen molar-refractivity contribution in [3.63, 3.8) is 0 Å². The van der Waals surface area contributed by atoms with Crippen molar-refractivity contribution in [3.05, 3.63) is 53.6 Å². The Morgan fingerprint density at radius 2 is 1.81 bits per heavy atom. The molecule has 2 rings (SSSR count). The summed E-state index contributed by atoms with van der Waals surface area (Å²) in [5, 5.41) is 14.0. The third-order valence-electron chi connectivity index (χ3n) is 3.53. The van der Waals surface area contributed by atoms with Gasteiger partial charge in [-0.3, -0.25) is 9.59 Å². The van der Waals surface area contributed by atoms with Gasteiger partial charge in [0.05, 0.1) is 38.8 Å². The van der Waals surface area contributed by atoms with Crippen LogP contribution in [0.15, 0.2) is 42.5 Å². The smallest absolute Gasteiger partial charge is 0.243 e. The van der Waals surface area contributed by atoms with Crippen molar-refractivity contribution < 1.29 is 19.1 Å². The third kappa shape index (κ3) is 5.24. The molecular weight excluding hydrogens is 334 g/mol. The van der Waals surface area contributed by atoms with Crippen LogP contribution in [0.1, 0.15) is 11.1 Å². The van der Waals surface area contributed by atoms with Crippen LogP contribution in [0, 0.1) is 11.3 Å². The largest absolute Gasteiger partial charge is 0.493 e. The number of methoxy groups -OCH3 is 2. The van der Waals surface area contributed by atoms with Crippen molar-refractivity contribution in [1.29, 1.82) is 5.26 Å². The van der Waals surface area contributed by atoms with E-state index in [2.05, 4.69) is 10.6 Å². The Bertz CT molecular complexity index is 843. The standard InChI is InChI=1S/C19H19N3O4/c1-25-16-7-6-13(9-17(16)26-2)10-18(23)21-12-19(24)22-15-5-3-4-14(8-15)11-20/h3-9H,10,12H2,1-2H3,(H,21,23)(H,22,24). The molecule has 0 radical (unpaired) electrons. The topological polar surface area (TPSA) is 100 Å². The van der Waals surface area contributed by atoms with Crippen molar-refractivity contribution in [3.8, 4) is 17.6 Å². The number of benzene rings is 2. The highest BCUT2D eigenvalue weighted by Crippen LogP contribution is 2.27. The number of anilines is 1. The van der Waals surface area contributed by atoms with Gasteiger partial charge in [-0.1, -0.05) is 12.1 Å². The minimum atomic E-state index is -0.374. The molecule has 0 heterocycles. The fraction of sp³-hybridized carbons (Fsp3) is 0.211. The van der Waals surface area contributed by atoms with Gasteiger partial charge in [-0.05, 0) is 35.9 Å². The normalized spacial score (nSPS) is 9.73. The van der Waals surface area contributed by atoms with Gasteiger partial charge in [0.1, 0.15) is 0 Å². The van der Waals surface area contributed by atoms with Crippen LogP contribution >= 0.6 is 0 Å². The predicted octanol–water partition coefficient (Wildman–Crippen LogP) is 1.87. The first-order valence-electron chi connectivity index (χ1n) is 7.83. The Labute approximate surface area is 151 Å². The maximum absolute atomic E-state index is 12.0. The molecule has 0 unspecified atom stereocenters. The molecule has 0 saturated heterocycles. The Hall–Kier alpha value is -3.53. The number of nitrogens with zero attached hydrogens (tertiary/aromatic N) is 1. The van der Waals surface area contributed by atoms with Gasteiger partial charge < -0.3 is 20.1 Å². The van der Waals surface area contributed by atoms with Crippen LogP contribution < -0.4 is 20.1 Å². The van der Waals surface area contributed by atoms with Crippen molar-refractivity contribution >= 4 is 17.5 Å². The molecule has 2 amide bonds. The summed E-state index contributed by atoms with van der Waals surface area (Å²) in [6.07, 6.45) is 0.109. The molecule has 26 heavy (non-hydrogen) atoms. The van der Waals surface area contributed by atoms with Crippen LogP contribution in [-0.2, 0) is 16.0 Å². The maximum Gasteiger partial charge on any atom is 0.243 e. The number of amides is 2. The SMILES string of the molecule is COc1ccc(CC(=O)NCC(=O)Nc2cccc(C#N)c2)cc1OC. The molecule has 7 heteroatoms. The van der Waals surface area contributed by atoms with E-state index < -0.39 is 0 Å². The molecule has 0 aliphatic heterocycles. The molecule has 0 aromatic heterocycles. The summed E-state index contributed by atoms with van der Waals surface area (Å²) in [5.74, 6) is 0.447. The van der Waals surface area contributed by atoms with Crippen molar-refractivity contribution in [2.45, 2.75) is 6.42 Å². The van der Waals surface area contributed by atoms with E-state index in [1.807, 2.05) is 6.07 Å². The number of nitriles is 1. The van der Waals surface area contributed by atoms with E-state index in [0.29, 0.717) is 22.7 Å². The van der Waals surface area contributed by atoms with Gasteiger partial charge in [-0.2, -0.15) is 5.26 Å². The lowest BCUT2D eigenvalue weighted by atomic mass is 10.1. The number of nitrogens with one attached hydrogen (secondary N) is 2. The molecule has 0 aliphatic carbocycles. The first-order valence-corrected chi connectivity index (χ1v) is 7.83. The van der Waals surface area contributed by atoms with Crippen LogP contribution in [0.2, 0.25) is 0 Å². The van der Waals surface area contributed by atoms with Crippen LogP contribution in [0.4, 0.5) is 5.69 Å². The summed E-state index contributed by atoms with van der Waals surface area (Å²) in [6, 6.07) is 13.7. The minimum absolute atomic E-state index is 0.109. The summed E-state index contributed by atoms with van der Waals surface area (Å²) in [5.41, 5.74) is 1.69. The van der Waals surface area contributed by atoms with Gasteiger partial charge in [0.15, 0.2) is 11.5 Å². The lowest BCUT2D eigenvalue weighted by Gasteiger charge is -2.10. The van der Waals surface area contributed by atoms with Crippen LogP contribution in [-0.4, -0.2) is 32.6 Å². The predicted molar refractivity (Wildman–Crippen MR) is 96.0 cm³/mol. The highest BCUT2D eigenvalue weighted by Gasteiger charge is 2.10. The van der Waals surface area contributed by atoms with E-state index >= 15 is 0 Å². The molecule has 7 nitrogen and oxygen atoms in total. The summed E-state index contributed by atoms with van der Waals surface area (Å²) in [4.78, 5) is 23.9. The van der Waals surface area contributed by atoms with Gasteiger partial charge in [0.25, 0.3) is 0 Å². The molecule has 0 spiro atoms. The molecule has 2 aromatic carbocycles. The van der Waals surface area contributed by atoms with Crippen LogP contribution in [0.25, 0.3) is 0 Å². The van der Waals surface area contributed by atoms with E-state index in [1.54, 1.807) is 42.5 Å². The van der Waals surface area contributed by atoms with Crippen molar-refractivity contribution in [1.82, 2.24) is 5.32 Å². The average Bonchev–Trinajstić information content (AvgIpc) is 2.66. The van der Waals surface area contributed by atoms with Gasteiger partial charge in [-0.25, -0.2) is 0 Å². The summed E-state index contributed by atoms with van der Waals surface area (Å²) in [6.45, 7) is -0.164. The van der Waals surface area contributed by atoms with Gasteiger partial charge >= 0.3 is 0 Å². The van der Waals surface area contributed by atoms with E-state index in [1.165, 1.54) is 14.2 Å². The summed E-state index contributed by atoms with van der Waals surface area (Å²) >= 11 is 0. The molecule has 134 valence electrons. The molecule has 2 aromatic rings. The fourth-order valence-electron chi connectivity index (χ4n) is 2.29. The molecule has 0 aliphatic rings. The second-order valence-corrected chi connectivity index (χ2v) is 5.38. The van der Waals surface area contributed by atoms with E-state index in [4.69, 9.17) is 14.7 Å². The quantitative estimate of drug-likeness (QED) is 0.791. The zero-order valence-electron chi connectivity index (χ0n) is 14.5. The van der Waals surface area contributed by atoms with Crippen molar-refractivity contribution in [2.75, 3.05) is 26.1 Å². The number of ether oxygens (including phenoxy) is 2. The molecule has 2 N–H and O–H groups in total. The lowest BCUT2D eigenvalue weighted by Crippen LogP contribution is -2.33. The third-order valence-corrected chi connectivity index (χ3v) is 3.53. The Kier molecular flexibility index (Phi) is 6.57. The Balaban J connectivity index is 1.86. The van der Waals surface area contributed by atoms with Crippen LogP contribution in [0.5, 0.6) is 11.5 Å². The lowest BCUT2D eigenvalue weighted by molar-refractivity contribution is -0.123. The second kappa shape index (κ2) is 9.08. The van der Waals surface area contributed by atoms with Crippen molar-refractivity contribution in [2.24, 2.45) is 0 Å². The highest BCUT2D eigenvalue weighted by molar-refractivity contribution is 5.94. The summed E-state index contributed by atoms with van der Waals surface area (Å²) < 4.78 is 10.3. The van der Waals surface area contributed by atoms with Gasteiger partial charge in [0.2, 0.25) is 11.8 Å². The van der Waals surface area contributed by atoms with Crippen LogP contribution in [0.3, 0.4) is 0 Å². The number of hydrogen-bond donors (Lipinski definition) is 2. The number of carbonyl (C=O) groups excluding carboxylic acids is 2. The fourth-order valence-corrected chi connectivity index (χ4v) is 2.29. The van der Waals surface area contributed by atoms with Gasteiger partial charge in [-0.15, -0.1) is 0 Å². The highest BCUT2D eigenvalue weighted by atomic mass is 16.5. The zero-order chi connectivity index (χ0) is 18.9. The van der Waals surface area contributed by atoms with E-state index in [0.717, 1.165) is 5.56 Å². The molecule has 0 atom stereocenters. The molecule has 0 saturated carbocycles. The Morgan fingerprint density at radius 1 is 1.04 bits per heavy atom. The maximum atomic E-state index is 12.0. The van der Waals surface area contributed by atoms with E-state index in [-0.39, 0.29) is 24.8 Å². The first-order chi connectivity index (χ1) is 12.5.